The van der Waals surface area contributed by atoms with E-state index in [0.717, 1.165) is 0 Å². The molecule has 1 radical (unpaired) electrons. The van der Waals surface area contributed by atoms with Gasteiger partial charge in [-0.1, -0.05) is 35.5 Å². The van der Waals surface area contributed by atoms with Gasteiger partial charge in [0.2, 0.25) is 0 Å². The number of oxime groups is 1. The second-order valence-electron chi connectivity index (χ2n) is 2.96. The molecule has 0 saturated carbocycles. The molecule has 3 heteroatoms. The third kappa shape index (κ3) is 3.01. The lowest BCUT2D eigenvalue weighted by atomic mass is 10.1. The van der Waals surface area contributed by atoms with Crippen molar-refractivity contribution < 1.29 is 10.0 Å². The van der Waals surface area contributed by atoms with Gasteiger partial charge in [-0.2, -0.15) is 0 Å². The fourth-order valence-corrected chi connectivity index (χ4v) is 1.08. The number of Topliss-reactive ketones (excluding diaryl/α,β-unsaturated/α-hetero) is 1. The van der Waals surface area contributed by atoms with Crippen LogP contribution in [0.15, 0.2) is 35.5 Å². The SMILES string of the molecule is [CH2]C(CCC(=O)c1ccccc1)=NO. The van der Waals surface area contributed by atoms with Crippen LogP contribution in [-0.2, 0) is 0 Å². The van der Waals surface area contributed by atoms with Crippen LogP contribution in [0, 0.1) is 6.92 Å². The monoisotopic (exact) mass is 190 g/mol. The zero-order valence-corrected chi connectivity index (χ0v) is 7.81. The Hall–Kier alpha value is -1.64. The average molecular weight is 190 g/mol. The lowest BCUT2D eigenvalue weighted by Gasteiger charge is -1.99. The molecule has 73 valence electrons. The first kappa shape index (κ1) is 10.4. The van der Waals surface area contributed by atoms with Crippen LogP contribution >= 0.6 is 0 Å². The Morgan fingerprint density at radius 2 is 1.93 bits per heavy atom. The molecule has 0 aliphatic carbocycles. The molecule has 0 fully saturated rings. The minimum Gasteiger partial charge on any atom is -0.411 e. The Balaban J connectivity index is 2.52. The van der Waals surface area contributed by atoms with E-state index in [2.05, 4.69) is 12.1 Å². The molecular weight excluding hydrogens is 178 g/mol. The van der Waals surface area contributed by atoms with E-state index in [1.54, 1.807) is 12.1 Å². The minimum absolute atomic E-state index is 0.0374. The molecule has 0 atom stereocenters. The zero-order valence-electron chi connectivity index (χ0n) is 7.81. The van der Waals surface area contributed by atoms with Crippen LogP contribution in [0.1, 0.15) is 23.2 Å². The van der Waals surface area contributed by atoms with Gasteiger partial charge in [-0.3, -0.25) is 4.79 Å². The van der Waals surface area contributed by atoms with Gasteiger partial charge in [-0.15, -0.1) is 0 Å². The van der Waals surface area contributed by atoms with E-state index in [0.29, 0.717) is 24.1 Å². The van der Waals surface area contributed by atoms with Crippen molar-refractivity contribution in [1.82, 2.24) is 0 Å². The number of nitrogens with zero attached hydrogens (tertiary/aromatic N) is 1. The van der Waals surface area contributed by atoms with Gasteiger partial charge in [0, 0.05) is 12.0 Å². The number of rotatable bonds is 4. The Labute approximate surface area is 83.1 Å². The Morgan fingerprint density at radius 3 is 2.50 bits per heavy atom. The zero-order chi connectivity index (χ0) is 10.4. The molecular formula is C11H12NO2. The number of ketones is 1. The summed E-state index contributed by atoms with van der Waals surface area (Å²) in [7, 11) is 0. The number of hydrogen-bond donors (Lipinski definition) is 1. The van der Waals surface area contributed by atoms with E-state index in [9.17, 15) is 4.79 Å². The van der Waals surface area contributed by atoms with Crippen LogP contribution in [0.5, 0.6) is 0 Å². The quantitative estimate of drug-likeness (QED) is 0.343. The molecule has 1 aromatic carbocycles. The summed E-state index contributed by atoms with van der Waals surface area (Å²) in [5.74, 6) is 0.0374. The van der Waals surface area contributed by atoms with Crippen molar-refractivity contribution in [2.45, 2.75) is 12.8 Å². The fraction of sp³-hybridized carbons (Fsp3) is 0.182. The molecule has 1 aromatic rings. The second-order valence-corrected chi connectivity index (χ2v) is 2.96. The first-order valence-corrected chi connectivity index (χ1v) is 4.35. The van der Waals surface area contributed by atoms with E-state index in [-0.39, 0.29) is 5.78 Å². The van der Waals surface area contributed by atoms with Gasteiger partial charge in [-0.25, -0.2) is 0 Å². The van der Waals surface area contributed by atoms with Crippen LogP contribution in [0.3, 0.4) is 0 Å². The molecule has 1 rings (SSSR count). The van der Waals surface area contributed by atoms with Crippen LogP contribution < -0.4 is 0 Å². The number of carbonyl (C=O) groups excluding carboxylic acids is 1. The fourth-order valence-electron chi connectivity index (χ4n) is 1.08. The smallest absolute Gasteiger partial charge is 0.163 e. The van der Waals surface area contributed by atoms with Crippen LogP contribution in [0.25, 0.3) is 0 Å². The maximum atomic E-state index is 11.5. The van der Waals surface area contributed by atoms with Crippen molar-refractivity contribution in [2.24, 2.45) is 5.16 Å². The summed E-state index contributed by atoms with van der Waals surface area (Å²) in [4.78, 5) is 11.5. The van der Waals surface area contributed by atoms with Crippen LogP contribution in [-0.4, -0.2) is 16.7 Å². The number of carbonyl (C=O) groups is 1. The summed E-state index contributed by atoms with van der Waals surface area (Å²) in [5, 5.41) is 11.2. The highest BCUT2D eigenvalue weighted by Crippen LogP contribution is 2.05. The minimum atomic E-state index is 0.0374. The van der Waals surface area contributed by atoms with Crippen molar-refractivity contribution in [3.05, 3.63) is 42.8 Å². The van der Waals surface area contributed by atoms with Gasteiger partial charge < -0.3 is 5.21 Å². The second kappa shape index (κ2) is 5.17. The third-order valence-corrected chi connectivity index (χ3v) is 1.88. The highest BCUT2D eigenvalue weighted by Gasteiger charge is 2.05. The molecule has 1 N–H and O–H groups in total. The maximum absolute atomic E-state index is 11.5. The average Bonchev–Trinajstić information content (AvgIpc) is 2.26. The molecule has 3 nitrogen and oxygen atoms in total. The lowest BCUT2D eigenvalue weighted by Crippen LogP contribution is -2.02. The van der Waals surface area contributed by atoms with Gasteiger partial charge in [0.1, 0.15) is 0 Å². The van der Waals surface area contributed by atoms with Gasteiger partial charge in [0.05, 0.1) is 5.71 Å². The van der Waals surface area contributed by atoms with E-state index in [4.69, 9.17) is 5.21 Å². The van der Waals surface area contributed by atoms with Gasteiger partial charge in [0.15, 0.2) is 5.78 Å². The van der Waals surface area contributed by atoms with Crippen molar-refractivity contribution in [2.75, 3.05) is 0 Å². The lowest BCUT2D eigenvalue weighted by molar-refractivity contribution is 0.0985. The van der Waals surface area contributed by atoms with E-state index in [1.165, 1.54) is 0 Å². The Morgan fingerprint density at radius 1 is 1.29 bits per heavy atom. The molecule has 0 spiro atoms. The van der Waals surface area contributed by atoms with Gasteiger partial charge >= 0.3 is 0 Å². The van der Waals surface area contributed by atoms with Crippen molar-refractivity contribution in [3.63, 3.8) is 0 Å². The molecule has 0 heterocycles. The van der Waals surface area contributed by atoms with Crippen molar-refractivity contribution in [3.8, 4) is 0 Å². The molecule has 0 aromatic heterocycles. The van der Waals surface area contributed by atoms with Crippen molar-refractivity contribution >= 4 is 11.5 Å². The largest absolute Gasteiger partial charge is 0.411 e. The summed E-state index contributed by atoms with van der Waals surface area (Å²) in [6, 6.07) is 9.03. The van der Waals surface area contributed by atoms with Crippen molar-refractivity contribution in [1.29, 1.82) is 0 Å². The molecule has 0 aliphatic heterocycles. The molecule has 0 unspecified atom stereocenters. The highest BCUT2D eigenvalue weighted by atomic mass is 16.4. The standard InChI is InChI=1S/C11H12NO2/c1-9(12-14)7-8-11(13)10-5-3-2-4-6-10/h2-6,14H,1,7-8H2. The normalized spacial score (nSPS) is 11.4. The Kier molecular flexibility index (Phi) is 3.85. The Bertz CT molecular complexity index is 330. The number of hydrogen-bond acceptors (Lipinski definition) is 3. The van der Waals surface area contributed by atoms with E-state index < -0.39 is 0 Å². The predicted molar refractivity (Wildman–Crippen MR) is 54.6 cm³/mol. The summed E-state index contributed by atoms with van der Waals surface area (Å²) in [5.41, 5.74) is 1.01. The molecule has 14 heavy (non-hydrogen) atoms. The molecule has 0 aliphatic rings. The first-order valence-electron chi connectivity index (χ1n) is 4.35. The molecule has 0 amide bonds. The van der Waals surface area contributed by atoms with Gasteiger partial charge in [-0.05, 0) is 13.3 Å². The summed E-state index contributed by atoms with van der Waals surface area (Å²) < 4.78 is 0. The van der Waals surface area contributed by atoms with Crippen LogP contribution in [0.2, 0.25) is 0 Å². The predicted octanol–water partition coefficient (Wildman–Crippen LogP) is 2.31. The summed E-state index contributed by atoms with van der Waals surface area (Å²) in [6.07, 6.45) is 0.719. The van der Waals surface area contributed by atoms with Gasteiger partial charge in [0.25, 0.3) is 0 Å². The van der Waals surface area contributed by atoms with Crippen LogP contribution in [0.4, 0.5) is 0 Å². The topological polar surface area (TPSA) is 49.7 Å². The summed E-state index contributed by atoms with van der Waals surface area (Å²) >= 11 is 0. The summed E-state index contributed by atoms with van der Waals surface area (Å²) in [6.45, 7) is 3.47. The maximum Gasteiger partial charge on any atom is 0.163 e. The van der Waals surface area contributed by atoms with E-state index >= 15 is 0 Å². The molecule has 0 saturated heterocycles. The van der Waals surface area contributed by atoms with E-state index in [1.807, 2.05) is 18.2 Å². The third-order valence-electron chi connectivity index (χ3n) is 1.88. The number of benzene rings is 1. The highest BCUT2D eigenvalue weighted by molar-refractivity contribution is 5.99. The first-order chi connectivity index (χ1) is 6.74. The molecule has 0 bridgehead atoms.